The first kappa shape index (κ1) is 12.3. The third-order valence-electron chi connectivity index (χ3n) is 3.16. The van der Waals surface area contributed by atoms with E-state index < -0.39 is 0 Å². The van der Waals surface area contributed by atoms with Crippen LogP contribution in [0, 0.1) is 0 Å². The van der Waals surface area contributed by atoms with Crippen molar-refractivity contribution in [2.24, 2.45) is 0 Å². The molecule has 0 aliphatic carbocycles. The van der Waals surface area contributed by atoms with Gasteiger partial charge in [-0.1, -0.05) is 45.0 Å². The molecule has 15 heavy (non-hydrogen) atoms. The van der Waals surface area contributed by atoms with E-state index in [9.17, 15) is 0 Å². The van der Waals surface area contributed by atoms with Gasteiger partial charge in [0.25, 0.3) is 0 Å². The van der Waals surface area contributed by atoms with Gasteiger partial charge in [0.1, 0.15) is 0 Å². The van der Waals surface area contributed by atoms with Gasteiger partial charge >= 0.3 is 0 Å². The normalized spacial score (nSPS) is 14.9. The minimum atomic E-state index is 0.544. The van der Waals surface area contributed by atoms with Crippen LogP contribution in [0.3, 0.4) is 0 Å². The maximum Gasteiger partial charge on any atom is 0.0105 e. The summed E-state index contributed by atoms with van der Waals surface area (Å²) in [6, 6.07) is 9.48. The lowest BCUT2D eigenvalue weighted by Gasteiger charge is -2.21. The molecule has 1 rings (SSSR count). The van der Waals surface area contributed by atoms with Crippen LogP contribution in [0.15, 0.2) is 24.3 Å². The molecule has 2 unspecified atom stereocenters. The molecule has 1 aromatic rings. The van der Waals surface area contributed by atoms with E-state index in [1.54, 1.807) is 0 Å². The Morgan fingerprint density at radius 3 is 2.53 bits per heavy atom. The molecule has 0 bridgehead atoms. The molecule has 0 amide bonds. The van der Waals surface area contributed by atoms with Crippen molar-refractivity contribution in [2.45, 2.75) is 46.1 Å². The summed E-state index contributed by atoms with van der Waals surface area (Å²) < 4.78 is 0. The zero-order valence-corrected chi connectivity index (χ0v) is 10.4. The molecule has 0 fully saturated rings. The predicted molar refractivity (Wildman–Crippen MR) is 67.4 cm³/mol. The van der Waals surface area contributed by atoms with Gasteiger partial charge in [-0.25, -0.2) is 0 Å². The smallest absolute Gasteiger partial charge is 0.0105 e. The number of hydrogen-bond donors (Lipinski definition) is 1. The average Bonchev–Trinajstić information content (AvgIpc) is 2.28. The van der Waals surface area contributed by atoms with Gasteiger partial charge in [-0.15, -0.1) is 0 Å². The van der Waals surface area contributed by atoms with Crippen molar-refractivity contribution >= 4 is 0 Å². The van der Waals surface area contributed by atoms with Crippen molar-refractivity contribution in [3.8, 4) is 0 Å². The average molecular weight is 205 g/mol. The third kappa shape index (κ3) is 3.35. The first-order valence-corrected chi connectivity index (χ1v) is 6.01. The number of benzene rings is 1. The molecule has 0 heterocycles. The van der Waals surface area contributed by atoms with Crippen LogP contribution in [0.25, 0.3) is 0 Å². The molecule has 1 aromatic carbocycles. The number of aryl methyl sites for hydroxylation is 1. The Morgan fingerprint density at radius 1 is 1.20 bits per heavy atom. The minimum Gasteiger partial charge on any atom is -0.314 e. The topological polar surface area (TPSA) is 12.0 Å². The van der Waals surface area contributed by atoms with E-state index >= 15 is 0 Å². The van der Waals surface area contributed by atoms with E-state index in [0.717, 1.165) is 13.0 Å². The molecule has 1 heteroatoms. The van der Waals surface area contributed by atoms with Crippen LogP contribution in [0.5, 0.6) is 0 Å². The second-order valence-corrected chi connectivity index (χ2v) is 4.23. The molecule has 0 spiro atoms. The van der Waals surface area contributed by atoms with E-state index in [2.05, 4.69) is 57.3 Å². The van der Waals surface area contributed by atoms with Crippen LogP contribution < -0.4 is 5.32 Å². The zero-order chi connectivity index (χ0) is 11.3. The van der Waals surface area contributed by atoms with E-state index in [-0.39, 0.29) is 0 Å². The van der Waals surface area contributed by atoms with Gasteiger partial charge in [0, 0.05) is 6.04 Å². The fraction of sp³-hybridized carbons (Fsp3) is 0.571. The van der Waals surface area contributed by atoms with Crippen LogP contribution in [-0.2, 0) is 6.42 Å². The Labute approximate surface area is 93.9 Å². The summed E-state index contributed by atoms with van der Waals surface area (Å²) >= 11 is 0. The van der Waals surface area contributed by atoms with Crippen LogP contribution >= 0.6 is 0 Å². The Morgan fingerprint density at radius 2 is 1.93 bits per heavy atom. The summed E-state index contributed by atoms with van der Waals surface area (Å²) in [5.74, 6) is 0.580. The lowest BCUT2D eigenvalue weighted by atomic mass is 9.93. The largest absolute Gasteiger partial charge is 0.314 e. The van der Waals surface area contributed by atoms with E-state index in [0.29, 0.717) is 12.0 Å². The first-order chi connectivity index (χ1) is 7.19. The summed E-state index contributed by atoms with van der Waals surface area (Å²) in [4.78, 5) is 0. The van der Waals surface area contributed by atoms with Gasteiger partial charge in [-0.2, -0.15) is 0 Å². The van der Waals surface area contributed by atoms with Crippen molar-refractivity contribution in [3.05, 3.63) is 35.4 Å². The van der Waals surface area contributed by atoms with Gasteiger partial charge in [0.15, 0.2) is 0 Å². The van der Waals surface area contributed by atoms with Crippen LogP contribution in [0.1, 0.15) is 44.7 Å². The molecule has 0 aromatic heterocycles. The maximum absolute atomic E-state index is 3.48. The summed E-state index contributed by atoms with van der Waals surface area (Å²) in [6.07, 6.45) is 1.12. The summed E-state index contributed by atoms with van der Waals surface area (Å²) in [5.41, 5.74) is 2.88. The maximum atomic E-state index is 3.48. The van der Waals surface area contributed by atoms with Gasteiger partial charge < -0.3 is 5.32 Å². The van der Waals surface area contributed by atoms with Gasteiger partial charge in [0.2, 0.25) is 0 Å². The van der Waals surface area contributed by atoms with Gasteiger partial charge in [0.05, 0.1) is 0 Å². The third-order valence-corrected chi connectivity index (χ3v) is 3.16. The molecule has 0 aliphatic heterocycles. The van der Waals surface area contributed by atoms with Crippen LogP contribution in [0.4, 0.5) is 0 Å². The lowest BCUT2D eigenvalue weighted by Crippen LogP contribution is -2.30. The molecule has 84 valence electrons. The summed E-state index contributed by atoms with van der Waals surface area (Å²) in [6.45, 7) is 9.96. The summed E-state index contributed by atoms with van der Waals surface area (Å²) in [5, 5.41) is 3.48. The Kier molecular flexibility index (Phi) is 4.83. The lowest BCUT2D eigenvalue weighted by molar-refractivity contribution is 0.495. The molecule has 0 aliphatic rings. The second-order valence-electron chi connectivity index (χ2n) is 4.23. The Balaban J connectivity index is 2.76. The van der Waals surface area contributed by atoms with Gasteiger partial charge in [-0.3, -0.25) is 0 Å². The molecule has 0 radical (unpaired) electrons. The standard InChI is InChI=1S/C14H23N/c1-5-13-8-7-9-14(10-13)11(3)12(4)15-6-2/h7-12,15H,5-6H2,1-4H3. The highest BCUT2D eigenvalue weighted by Gasteiger charge is 2.12. The fourth-order valence-electron chi connectivity index (χ4n) is 1.88. The van der Waals surface area contributed by atoms with E-state index in [1.807, 2.05) is 0 Å². The SMILES string of the molecule is CCNC(C)C(C)c1cccc(CC)c1. The number of hydrogen-bond acceptors (Lipinski definition) is 1. The Bertz CT molecular complexity index is 293. The van der Waals surface area contributed by atoms with Crippen molar-refractivity contribution < 1.29 is 0 Å². The second kappa shape index (κ2) is 5.92. The number of likely N-dealkylation sites (N-methyl/N-ethyl adjacent to an activating group) is 1. The van der Waals surface area contributed by atoms with Crippen molar-refractivity contribution in [1.82, 2.24) is 5.32 Å². The van der Waals surface area contributed by atoms with Crippen molar-refractivity contribution in [1.29, 1.82) is 0 Å². The summed E-state index contributed by atoms with van der Waals surface area (Å²) in [7, 11) is 0. The fourth-order valence-corrected chi connectivity index (χ4v) is 1.88. The molecule has 1 N–H and O–H groups in total. The first-order valence-electron chi connectivity index (χ1n) is 6.01. The number of rotatable bonds is 5. The van der Waals surface area contributed by atoms with E-state index in [4.69, 9.17) is 0 Å². The molecular formula is C14H23N. The van der Waals surface area contributed by atoms with Crippen molar-refractivity contribution in [3.63, 3.8) is 0 Å². The molecule has 0 saturated heterocycles. The molecule has 1 nitrogen and oxygen atoms in total. The van der Waals surface area contributed by atoms with Crippen molar-refractivity contribution in [2.75, 3.05) is 6.54 Å². The zero-order valence-electron chi connectivity index (χ0n) is 10.4. The molecule has 2 atom stereocenters. The van der Waals surface area contributed by atoms with Gasteiger partial charge in [-0.05, 0) is 36.9 Å². The number of nitrogens with one attached hydrogen (secondary N) is 1. The minimum absolute atomic E-state index is 0.544. The van der Waals surface area contributed by atoms with Crippen LogP contribution in [0.2, 0.25) is 0 Å². The van der Waals surface area contributed by atoms with Crippen LogP contribution in [-0.4, -0.2) is 12.6 Å². The molecular weight excluding hydrogens is 182 g/mol. The highest BCUT2D eigenvalue weighted by Crippen LogP contribution is 2.20. The highest BCUT2D eigenvalue weighted by atomic mass is 14.9. The van der Waals surface area contributed by atoms with E-state index in [1.165, 1.54) is 11.1 Å². The highest BCUT2D eigenvalue weighted by molar-refractivity contribution is 5.27. The monoisotopic (exact) mass is 205 g/mol. The Hall–Kier alpha value is -0.820. The predicted octanol–water partition coefficient (Wildman–Crippen LogP) is 3.35. The quantitative estimate of drug-likeness (QED) is 0.777. The molecule has 0 saturated carbocycles.